The van der Waals surface area contributed by atoms with Gasteiger partial charge in [-0.3, -0.25) is 0 Å². The molecule has 0 N–H and O–H groups in total. The van der Waals surface area contributed by atoms with Gasteiger partial charge < -0.3 is 14.0 Å². The van der Waals surface area contributed by atoms with Crippen molar-refractivity contribution in [2.24, 2.45) is 0 Å². The van der Waals surface area contributed by atoms with E-state index < -0.39 is 0 Å². The Morgan fingerprint density at radius 3 is 1.58 bits per heavy atom. The van der Waals surface area contributed by atoms with E-state index >= 15 is 0 Å². The first-order valence-corrected chi connectivity index (χ1v) is 27.2. The topological polar surface area (TPSA) is 13.1 Å². The predicted octanol–water partition coefficient (Wildman–Crippen LogP) is 20.4. The van der Waals surface area contributed by atoms with Crippen molar-refractivity contribution in [2.45, 2.75) is 33.1 Å². The van der Waals surface area contributed by atoms with E-state index in [2.05, 4.69) is 303 Å². The number of aryl methyl sites for hydroxylation is 2. The third kappa shape index (κ3) is 7.12. The smallest absolute Gasteiger partial charge is 0.0547 e. The molecule has 0 saturated carbocycles. The minimum Gasteiger partial charge on any atom is -0.310 e. The van der Waals surface area contributed by atoms with E-state index in [9.17, 15) is 0 Å². The number of rotatable bonds is 8. The minimum absolute atomic E-state index is 0.232. The molecule has 3 nitrogen and oxygen atoms in total. The number of fused-ring (bicyclic) bond motifs is 11. The molecule has 78 heavy (non-hydrogen) atoms. The zero-order valence-electron chi connectivity index (χ0n) is 44.2. The number of hydrogen-bond acceptors (Lipinski definition) is 1. The molecule has 0 aliphatic heterocycles. The molecule has 15 rings (SSSR count). The van der Waals surface area contributed by atoms with Crippen LogP contribution in [0.15, 0.2) is 261 Å². The van der Waals surface area contributed by atoms with Gasteiger partial charge in [-0.1, -0.05) is 184 Å². The minimum atomic E-state index is -0.232. The number of anilines is 3. The van der Waals surface area contributed by atoms with E-state index in [1.165, 1.54) is 121 Å². The maximum absolute atomic E-state index is 2.46. The summed E-state index contributed by atoms with van der Waals surface area (Å²) in [5, 5.41) is 7.62. The van der Waals surface area contributed by atoms with Gasteiger partial charge in [0.25, 0.3) is 0 Å². The normalized spacial score (nSPS) is 12.7. The molecule has 14 aromatic rings. The highest BCUT2D eigenvalue weighted by Gasteiger charge is 2.37. The first kappa shape index (κ1) is 45.7. The Kier molecular flexibility index (Phi) is 10.4. The van der Waals surface area contributed by atoms with Gasteiger partial charge in [0.15, 0.2) is 0 Å². The Hall–Kier alpha value is -9.70. The van der Waals surface area contributed by atoms with Crippen molar-refractivity contribution in [1.29, 1.82) is 0 Å². The Labute approximate surface area is 455 Å². The monoisotopic (exact) mass is 997 g/mol. The highest BCUT2D eigenvalue weighted by molar-refractivity contribution is 6.22. The quantitative estimate of drug-likeness (QED) is 0.148. The van der Waals surface area contributed by atoms with Crippen LogP contribution >= 0.6 is 0 Å². The van der Waals surface area contributed by atoms with Crippen LogP contribution in [0.2, 0.25) is 0 Å². The third-order valence-corrected chi connectivity index (χ3v) is 16.9. The van der Waals surface area contributed by atoms with Crippen molar-refractivity contribution in [1.82, 2.24) is 9.13 Å². The van der Waals surface area contributed by atoms with Gasteiger partial charge in [0.1, 0.15) is 0 Å². The van der Waals surface area contributed by atoms with Crippen LogP contribution in [-0.2, 0) is 5.41 Å². The van der Waals surface area contributed by atoms with Gasteiger partial charge in [-0.2, -0.15) is 0 Å². The zero-order valence-corrected chi connectivity index (χ0v) is 44.2. The third-order valence-electron chi connectivity index (χ3n) is 16.9. The summed E-state index contributed by atoms with van der Waals surface area (Å²) in [6.07, 6.45) is 0. The van der Waals surface area contributed by atoms with E-state index in [1.807, 2.05) is 0 Å². The Bertz CT molecular complexity index is 4650. The number of para-hydroxylation sites is 3. The predicted molar refractivity (Wildman–Crippen MR) is 331 cm³/mol. The summed E-state index contributed by atoms with van der Waals surface area (Å²) in [6, 6.07) is 96.7. The van der Waals surface area contributed by atoms with E-state index in [1.54, 1.807) is 0 Å². The van der Waals surface area contributed by atoms with Crippen molar-refractivity contribution in [3.63, 3.8) is 0 Å². The molecular formula is C75H55N3. The van der Waals surface area contributed by atoms with Crippen molar-refractivity contribution >= 4 is 71.4 Å². The summed E-state index contributed by atoms with van der Waals surface area (Å²) in [5.74, 6) is 0. The lowest BCUT2D eigenvalue weighted by Gasteiger charge is -2.28. The second kappa shape index (κ2) is 17.7. The van der Waals surface area contributed by atoms with Crippen LogP contribution in [-0.4, -0.2) is 9.13 Å². The summed E-state index contributed by atoms with van der Waals surface area (Å²) in [4.78, 5) is 2.41. The van der Waals surface area contributed by atoms with Crippen LogP contribution < -0.4 is 4.90 Å². The lowest BCUT2D eigenvalue weighted by Crippen LogP contribution is -2.17. The second-order valence-corrected chi connectivity index (χ2v) is 21.8. The van der Waals surface area contributed by atoms with E-state index in [4.69, 9.17) is 0 Å². The standard InChI is InChI=1S/C75H55N3/c1-48-17-14-18-49(2)73(48)55-36-41-71-66(45-55)74-61-26-9-8-19-52(61)35-42-72(74)78(71)58-25-16-21-54(44-58)51-33-31-50(32-34-51)53-20-15-24-57(43-53)76(56-22-6-5-7-23-56)59-37-39-62-63-40-38-60(47-68(63)75(3,4)67(62)46-59)77-69-29-12-10-27-64(69)65-28-11-13-30-70(65)77/h5-47H,1-4H3. The van der Waals surface area contributed by atoms with Crippen molar-refractivity contribution in [3.8, 4) is 55.9 Å². The van der Waals surface area contributed by atoms with Gasteiger partial charge in [-0.05, 0) is 182 Å². The molecule has 12 aromatic carbocycles. The summed E-state index contributed by atoms with van der Waals surface area (Å²) in [5.41, 5.74) is 25.4. The molecule has 3 heteroatoms. The van der Waals surface area contributed by atoms with Gasteiger partial charge in [-0.15, -0.1) is 0 Å². The summed E-state index contributed by atoms with van der Waals surface area (Å²) < 4.78 is 4.89. The molecule has 1 aliphatic rings. The molecule has 1 aliphatic carbocycles. The van der Waals surface area contributed by atoms with E-state index in [0.717, 1.165) is 28.3 Å². The van der Waals surface area contributed by atoms with Gasteiger partial charge in [0, 0.05) is 55.4 Å². The van der Waals surface area contributed by atoms with Gasteiger partial charge in [0.2, 0.25) is 0 Å². The lowest BCUT2D eigenvalue weighted by molar-refractivity contribution is 0.660. The average Bonchev–Trinajstić information content (AvgIpc) is 4.06. The molecule has 0 atom stereocenters. The molecule has 370 valence electrons. The van der Waals surface area contributed by atoms with Crippen LogP contribution in [0.5, 0.6) is 0 Å². The molecule has 0 bridgehead atoms. The van der Waals surface area contributed by atoms with E-state index in [-0.39, 0.29) is 5.41 Å². The lowest BCUT2D eigenvalue weighted by atomic mass is 9.82. The summed E-state index contributed by atoms with van der Waals surface area (Å²) in [7, 11) is 0. The number of nitrogens with zero attached hydrogens (tertiary/aromatic N) is 3. The first-order chi connectivity index (χ1) is 38.3. The first-order valence-electron chi connectivity index (χ1n) is 27.2. The maximum atomic E-state index is 2.46. The number of hydrogen-bond donors (Lipinski definition) is 0. The van der Waals surface area contributed by atoms with Crippen LogP contribution in [0.25, 0.3) is 110 Å². The SMILES string of the molecule is Cc1cccc(C)c1-c1ccc2c(c1)c1c3ccccc3ccc1n2-c1cccc(-c2ccc(-c3cccc(N(c4ccccc4)c4ccc5c(c4)C(C)(C)c4cc(-n6c7ccccc7c7ccccc76)ccc4-5)c3)cc2)c1. The van der Waals surface area contributed by atoms with Gasteiger partial charge in [0.05, 0.1) is 22.1 Å². The van der Waals surface area contributed by atoms with Gasteiger partial charge in [-0.25, -0.2) is 0 Å². The van der Waals surface area contributed by atoms with Crippen LogP contribution in [0, 0.1) is 13.8 Å². The fraction of sp³-hybridized carbons (Fsp3) is 0.0667. The fourth-order valence-corrected chi connectivity index (χ4v) is 13.2. The molecule has 2 aromatic heterocycles. The highest BCUT2D eigenvalue weighted by atomic mass is 15.1. The van der Waals surface area contributed by atoms with Crippen LogP contribution in [0.3, 0.4) is 0 Å². The molecule has 0 amide bonds. The second-order valence-electron chi connectivity index (χ2n) is 21.8. The van der Waals surface area contributed by atoms with Crippen molar-refractivity contribution in [2.75, 3.05) is 4.90 Å². The fourth-order valence-electron chi connectivity index (χ4n) is 13.2. The summed E-state index contributed by atoms with van der Waals surface area (Å²) in [6.45, 7) is 9.22. The van der Waals surface area contributed by atoms with Gasteiger partial charge >= 0.3 is 0 Å². The largest absolute Gasteiger partial charge is 0.310 e. The van der Waals surface area contributed by atoms with Crippen molar-refractivity contribution in [3.05, 3.63) is 283 Å². The molecular weight excluding hydrogens is 943 g/mol. The molecule has 0 radical (unpaired) electrons. The Balaban J connectivity index is 0.768. The number of benzene rings is 12. The molecule has 0 saturated heterocycles. The maximum Gasteiger partial charge on any atom is 0.0547 e. The molecule has 0 fully saturated rings. The Morgan fingerprint density at radius 2 is 0.846 bits per heavy atom. The van der Waals surface area contributed by atoms with E-state index in [0.29, 0.717) is 0 Å². The molecule has 0 unspecified atom stereocenters. The highest BCUT2D eigenvalue weighted by Crippen LogP contribution is 2.52. The molecule has 0 spiro atoms. The van der Waals surface area contributed by atoms with Crippen LogP contribution in [0.4, 0.5) is 17.1 Å². The molecule has 2 heterocycles. The zero-order chi connectivity index (χ0) is 52.2. The average molecular weight is 998 g/mol. The Morgan fingerprint density at radius 1 is 0.321 bits per heavy atom. The summed E-state index contributed by atoms with van der Waals surface area (Å²) >= 11 is 0. The van der Waals surface area contributed by atoms with Crippen molar-refractivity contribution < 1.29 is 0 Å². The van der Waals surface area contributed by atoms with Crippen LogP contribution in [0.1, 0.15) is 36.1 Å². The number of aromatic nitrogens is 2.